The Kier molecular flexibility index (Phi) is 3.89. The van der Waals surface area contributed by atoms with Gasteiger partial charge in [0, 0.05) is 12.1 Å². The molecule has 0 aliphatic carbocycles. The van der Waals surface area contributed by atoms with Gasteiger partial charge in [0.15, 0.2) is 0 Å². The number of rotatable bonds is 3. The minimum absolute atomic E-state index is 0.0120. The highest BCUT2D eigenvalue weighted by molar-refractivity contribution is 5.85. The Balaban J connectivity index is 2.64. The lowest BCUT2D eigenvalue weighted by molar-refractivity contribution is -0.131. The average Bonchev–Trinajstić information content (AvgIpc) is 2.41. The van der Waals surface area contributed by atoms with Crippen molar-refractivity contribution in [3.05, 3.63) is 57.5 Å². The Morgan fingerprint density at radius 3 is 2.67 bits per heavy atom. The van der Waals surface area contributed by atoms with Crippen molar-refractivity contribution >= 4 is 12.0 Å². The monoisotopic (exact) mass is 286 g/mol. The first-order valence-electron chi connectivity index (χ1n) is 6.20. The van der Waals surface area contributed by atoms with Gasteiger partial charge in [0.1, 0.15) is 11.4 Å². The van der Waals surface area contributed by atoms with Gasteiger partial charge in [-0.3, -0.25) is 4.79 Å². The number of carboxylic acids is 1. The predicted octanol–water partition coefficient (Wildman–Crippen LogP) is 1.65. The van der Waals surface area contributed by atoms with Crippen molar-refractivity contribution < 1.29 is 15.0 Å². The van der Waals surface area contributed by atoms with Crippen molar-refractivity contribution in [3.63, 3.8) is 0 Å². The molecule has 0 spiro atoms. The average molecular weight is 286 g/mol. The minimum Gasteiger partial charge on any atom is -0.505 e. The summed E-state index contributed by atoms with van der Waals surface area (Å²) in [7, 11) is 0. The van der Waals surface area contributed by atoms with E-state index in [0.717, 1.165) is 34.0 Å². The normalized spacial score (nSPS) is 11.0. The minimum atomic E-state index is -1.17. The summed E-state index contributed by atoms with van der Waals surface area (Å²) in [6, 6.07) is 6.58. The van der Waals surface area contributed by atoms with Crippen LogP contribution in [0, 0.1) is 13.8 Å². The Hall–Kier alpha value is -2.89. The van der Waals surface area contributed by atoms with Crippen LogP contribution >= 0.6 is 0 Å². The van der Waals surface area contributed by atoms with Crippen LogP contribution in [0.4, 0.5) is 0 Å². The van der Waals surface area contributed by atoms with Gasteiger partial charge in [-0.25, -0.2) is 4.79 Å². The van der Waals surface area contributed by atoms with Gasteiger partial charge in [-0.1, -0.05) is 12.1 Å². The second-order valence-electron chi connectivity index (χ2n) is 4.63. The molecule has 2 N–H and O–H groups in total. The molecule has 6 nitrogen and oxygen atoms in total. The van der Waals surface area contributed by atoms with Gasteiger partial charge in [-0.05, 0) is 37.1 Å². The van der Waals surface area contributed by atoms with Crippen LogP contribution in [0.25, 0.3) is 11.8 Å². The molecule has 0 saturated carbocycles. The van der Waals surface area contributed by atoms with Crippen LogP contribution in [0.5, 0.6) is 5.75 Å². The number of carbonyl (C=O) groups is 1. The SMILES string of the molecule is Cc1ccc(C)c(-n2nc(/C=C/C(=O)O)c(O)cc2=O)c1. The summed E-state index contributed by atoms with van der Waals surface area (Å²) in [4.78, 5) is 22.5. The molecule has 0 amide bonds. The highest BCUT2D eigenvalue weighted by atomic mass is 16.4. The number of benzene rings is 1. The van der Waals surface area contributed by atoms with E-state index in [9.17, 15) is 14.7 Å². The van der Waals surface area contributed by atoms with Crippen molar-refractivity contribution in [2.45, 2.75) is 13.8 Å². The largest absolute Gasteiger partial charge is 0.505 e. The van der Waals surface area contributed by atoms with Crippen LogP contribution in [0.3, 0.4) is 0 Å². The maximum atomic E-state index is 12.0. The number of aromatic nitrogens is 2. The molecule has 1 aromatic carbocycles. The first-order chi connectivity index (χ1) is 9.88. The van der Waals surface area contributed by atoms with Gasteiger partial charge >= 0.3 is 5.97 Å². The van der Waals surface area contributed by atoms with Gasteiger partial charge in [0.25, 0.3) is 5.56 Å². The van der Waals surface area contributed by atoms with Crippen LogP contribution in [-0.4, -0.2) is 26.0 Å². The van der Waals surface area contributed by atoms with Gasteiger partial charge in [-0.15, -0.1) is 0 Å². The lowest BCUT2D eigenvalue weighted by atomic mass is 10.1. The molecule has 2 rings (SSSR count). The Bertz CT molecular complexity index is 791. The van der Waals surface area contributed by atoms with E-state index in [-0.39, 0.29) is 11.4 Å². The quantitative estimate of drug-likeness (QED) is 0.837. The summed E-state index contributed by atoms with van der Waals surface area (Å²) in [5, 5.41) is 22.3. The molecule has 21 heavy (non-hydrogen) atoms. The van der Waals surface area contributed by atoms with Crippen LogP contribution in [-0.2, 0) is 4.79 Å². The molecule has 0 bridgehead atoms. The first kappa shape index (κ1) is 14.5. The van der Waals surface area contributed by atoms with Gasteiger partial charge in [0.2, 0.25) is 0 Å². The van der Waals surface area contributed by atoms with Crippen molar-refractivity contribution in [1.29, 1.82) is 0 Å². The summed E-state index contributed by atoms with van der Waals surface area (Å²) in [6.45, 7) is 3.72. The van der Waals surface area contributed by atoms with Gasteiger partial charge in [0.05, 0.1) is 5.69 Å². The zero-order valence-electron chi connectivity index (χ0n) is 11.6. The number of aliphatic carboxylic acids is 1. The molecule has 1 heterocycles. The number of hydrogen-bond donors (Lipinski definition) is 2. The van der Waals surface area contributed by atoms with Crippen LogP contribution in [0.1, 0.15) is 16.8 Å². The van der Waals surface area contributed by atoms with Gasteiger partial charge in [-0.2, -0.15) is 9.78 Å². The van der Waals surface area contributed by atoms with E-state index in [4.69, 9.17) is 5.11 Å². The number of nitrogens with zero attached hydrogens (tertiary/aromatic N) is 2. The summed E-state index contributed by atoms with van der Waals surface area (Å²) in [6.07, 6.45) is 1.98. The number of aromatic hydroxyl groups is 1. The van der Waals surface area contributed by atoms with E-state index < -0.39 is 11.5 Å². The summed E-state index contributed by atoms with van der Waals surface area (Å²) in [5.41, 5.74) is 1.91. The maximum absolute atomic E-state index is 12.0. The molecule has 0 radical (unpaired) electrons. The first-order valence-corrected chi connectivity index (χ1v) is 6.20. The fourth-order valence-electron chi connectivity index (χ4n) is 1.85. The Morgan fingerprint density at radius 2 is 2.00 bits per heavy atom. The maximum Gasteiger partial charge on any atom is 0.328 e. The number of hydrogen-bond acceptors (Lipinski definition) is 4. The fraction of sp³-hybridized carbons (Fsp3) is 0.133. The number of carboxylic acid groups (broad SMARTS) is 1. The van der Waals surface area contributed by atoms with Crippen LogP contribution in [0.2, 0.25) is 0 Å². The fourth-order valence-corrected chi connectivity index (χ4v) is 1.85. The smallest absolute Gasteiger partial charge is 0.328 e. The molecule has 0 unspecified atom stereocenters. The van der Waals surface area contributed by atoms with Crippen LogP contribution < -0.4 is 5.56 Å². The zero-order valence-corrected chi connectivity index (χ0v) is 11.6. The van der Waals surface area contributed by atoms with E-state index in [1.54, 1.807) is 6.07 Å². The predicted molar refractivity (Wildman–Crippen MR) is 77.6 cm³/mol. The van der Waals surface area contributed by atoms with Crippen molar-refractivity contribution in [2.75, 3.05) is 0 Å². The zero-order chi connectivity index (χ0) is 15.6. The lowest BCUT2D eigenvalue weighted by Crippen LogP contribution is -2.21. The van der Waals surface area contributed by atoms with E-state index in [1.165, 1.54) is 0 Å². The van der Waals surface area contributed by atoms with Gasteiger partial charge < -0.3 is 10.2 Å². The molecule has 2 aromatic rings. The van der Waals surface area contributed by atoms with E-state index >= 15 is 0 Å². The molecular formula is C15H14N2O4. The topological polar surface area (TPSA) is 92.4 Å². The van der Waals surface area contributed by atoms with Crippen molar-refractivity contribution in [3.8, 4) is 11.4 Å². The molecule has 108 valence electrons. The second-order valence-corrected chi connectivity index (χ2v) is 4.63. The molecule has 0 fully saturated rings. The third-order valence-electron chi connectivity index (χ3n) is 2.92. The molecule has 0 aliphatic rings. The van der Waals surface area contributed by atoms with E-state index in [0.29, 0.717) is 5.69 Å². The summed E-state index contributed by atoms with van der Waals surface area (Å²) >= 11 is 0. The Labute approximate surface area is 120 Å². The lowest BCUT2D eigenvalue weighted by Gasteiger charge is -2.10. The molecular weight excluding hydrogens is 272 g/mol. The molecule has 6 heteroatoms. The number of aryl methyl sites for hydroxylation is 2. The summed E-state index contributed by atoms with van der Waals surface area (Å²) < 4.78 is 1.14. The van der Waals surface area contributed by atoms with E-state index in [2.05, 4.69) is 5.10 Å². The van der Waals surface area contributed by atoms with Crippen LogP contribution in [0.15, 0.2) is 35.1 Å². The highest BCUT2D eigenvalue weighted by Gasteiger charge is 2.10. The standard InChI is InChI=1S/C15H14N2O4/c1-9-3-4-10(2)12(7-9)17-14(19)8-13(18)11(16-17)5-6-15(20)21/h3-8,18H,1-2H3,(H,20,21)/b6-5+. The molecule has 0 aliphatic heterocycles. The molecule has 0 saturated heterocycles. The van der Waals surface area contributed by atoms with E-state index in [1.807, 2.05) is 26.0 Å². The molecule has 1 aromatic heterocycles. The van der Waals surface area contributed by atoms with Crippen molar-refractivity contribution in [1.82, 2.24) is 9.78 Å². The third-order valence-corrected chi connectivity index (χ3v) is 2.92. The molecule has 0 atom stereocenters. The van der Waals surface area contributed by atoms with Crippen molar-refractivity contribution in [2.24, 2.45) is 0 Å². The summed E-state index contributed by atoms with van der Waals surface area (Å²) in [5.74, 6) is -1.53. The Morgan fingerprint density at radius 1 is 1.29 bits per heavy atom. The third kappa shape index (κ3) is 3.17. The highest BCUT2D eigenvalue weighted by Crippen LogP contribution is 2.17. The second kappa shape index (κ2) is 5.62.